The molecular weight excluding hydrogens is 188 g/mol. The number of amides is 1. The Balaban J connectivity index is 2.29. The molecule has 1 fully saturated rings. The van der Waals surface area contributed by atoms with Crippen LogP contribution in [0.15, 0.2) is 0 Å². The lowest BCUT2D eigenvalue weighted by Crippen LogP contribution is -2.32. The molecule has 0 radical (unpaired) electrons. The fourth-order valence-electron chi connectivity index (χ4n) is 2.33. The number of nitrogens with zero attached hydrogens (tertiary/aromatic N) is 1. The molecule has 1 aliphatic rings. The zero-order chi connectivity index (χ0) is 11.4. The molecule has 0 aromatic carbocycles. The Hall–Kier alpha value is -0.570. The maximum absolute atomic E-state index is 11.9. The highest BCUT2D eigenvalue weighted by atomic mass is 16.2. The lowest BCUT2D eigenvalue weighted by Gasteiger charge is -2.19. The van der Waals surface area contributed by atoms with Crippen LogP contribution in [0.4, 0.5) is 0 Å². The largest absolute Gasteiger partial charge is 0.341 e. The lowest BCUT2D eigenvalue weighted by molar-refractivity contribution is -0.131. The Labute approximate surface area is 93.0 Å². The standard InChI is InChI=1S/C12H24N2O/c1-9(2)6-10(3)7-12(15)14-5-4-11(13)8-14/h9-11H,4-8,13H2,1-3H3/t10?,11-/m1/s1. The van der Waals surface area contributed by atoms with Gasteiger partial charge >= 0.3 is 0 Å². The third-order valence-corrected chi connectivity index (χ3v) is 2.97. The summed E-state index contributed by atoms with van der Waals surface area (Å²) in [6, 6.07) is 0.203. The van der Waals surface area contributed by atoms with Gasteiger partial charge in [0.15, 0.2) is 0 Å². The van der Waals surface area contributed by atoms with Gasteiger partial charge in [0.1, 0.15) is 0 Å². The Morgan fingerprint density at radius 2 is 2.13 bits per heavy atom. The van der Waals surface area contributed by atoms with E-state index in [0.29, 0.717) is 18.3 Å². The van der Waals surface area contributed by atoms with Gasteiger partial charge in [0.05, 0.1) is 0 Å². The molecule has 1 unspecified atom stereocenters. The summed E-state index contributed by atoms with van der Waals surface area (Å²) in [6.45, 7) is 8.18. The molecule has 0 aromatic heterocycles. The van der Waals surface area contributed by atoms with Crippen LogP contribution in [0, 0.1) is 11.8 Å². The number of hydrogen-bond donors (Lipinski definition) is 1. The Morgan fingerprint density at radius 1 is 1.47 bits per heavy atom. The van der Waals surface area contributed by atoms with Crippen molar-refractivity contribution in [3.8, 4) is 0 Å². The van der Waals surface area contributed by atoms with Crippen molar-refractivity contribution < 1.29 is 4.79 Å². The second-order valence-corrected chi connectivity index (χ2v) is 5.33. The summed E-state index contributed by atoms with van der Waals surface area (Å²) >= 11 is 0. The Bertz CT molecular complexity index is 216. The van der Waals surface area contributed by atoms with E-state index in [1.54, 1.807) is 0 Å². The average molecular weight is 212 g/mol. The minimum Gasteiger partial charge on any atom is -0.341 e. The summed E-state index contributed by atoms with van der Waals surface area (Å²) in [4.78, 5) is 13.8. The predicted molar refractivity (Wildman–Crippen MR) is 62.4 cm³/mol. The van der Waals surface area contributed by atoms with Crippen molar-refractivity contribution in [3.63, 3.8) is 0 Å². The number of carbonyl (C=O) groups excluding carboxylic acids is 1. The maximum Gasteiger partial charge on any atom is 0.222 e. The van der Waals surface area contributed by atoms with Gasteiger partial charge in [-0.2, -0.15) is 0 Å². The summed E-state index contributed by atoms with van der Waals surface area (Å²) in [5, 5.41) is 0. The van der Waals surface area contributed by atoms with Crippen molar-refractivity contribution in [2.75, 3.05) is 13.1 Å². The van der Waals surface area contributed by atoms with Gasteiger partial charge in [-0.25, -0.2) is 0 Å². The zero-order valence-electron chi connectivity index (χ0n) is 10.2. The Kier molecular flexibility index (Phi) is 4.58. The van der Waals surface area contributed by atoms with Gasteiger partial charge in [-0.1, -0.05) is 20.8 Å². The number of nitrogens with two attached hydrogens (primary N) is 1. The molecule has 3 nitrogen and oxygen atoms in total. The molecule has 15 heavy (non-hydrogen) atoms. The summed E-state index contributed by atoms with van der Waals surface area (Å²) in [5.41, 5.74) is 5.78. The first-order valence-electron chi connectivity index (χ1n) is 6.02. The van der Waals surface area contributed by atoms with Crippen LogP contribution in [-0.2, 0) is 4.79 Å². The number of likely N-dealkylation sites (tertiary alicyclic amines) is 1. The third kappa shape index (κ3) is 4.20. The molecule has 1 aliphatic heterocycles. The second-order valence-electron chi connectivity index (χ2n) is 5.33. The molecule has 2 atom stereocenters. The van der Waals surface area contributed by atoms with E-state index in [2.05, 4.69) is 20.8 Å². The first kappa shape index (κ1) is 12.5. The van der Waals surface area contributed by atoms with Crippen LogP contribution in [0.3, 0.4) is 0 Å². The van der Waals surface area contributed by atoms with E-state index in [0.717, 1.165) is 25.9 Å². The van der Waals surface area contributed by atoms with E-state index in [1.165, 1.54) is 0 Å². The van der Waals surface area contributed by atoms with Crippen molar-refractivity contribution in [1.82, 2.24) is 4.90 Å². The fraction of sp³-hybridized carbons (Fsp3) is 0.917. The van der Waals surface area contributed by atoms with E-state index >= 15 is 0 Å². The third-order valence-electron chi connectivity index (χ3n) is 2.97. The summed E-state index contributed by atoms with van der Waals surface area (Å²) in [7, 11) is 0. The van der Waals surface area contributed by atoms with E-state index in [1.807, 2.05) is 4.90 Å². The second kappa shape index (κ2) is 5.50. The van der Waals surface area contributed by atoms with Gasteiger partial charge in [-0.05, 0) is 24.7 Å². The minimum atomic E-state index is 0.203. The molecule has 3 heteroatoms. The van der Waals surface area contributed by atoms with Crippen LogP contribution in [0.25, 0.3) is 0 Å². The van der Waals surface area contributed by atoms with Crippen molar-refractivity contribution in [2.45, 2.75) is 46.1 Å². The van der Waals surface area contributed by atoms with Crippen LogP contribution < -0.4 is 5.73 Å². The van der Waals surface area contributed by atoms with E-state index in [-0.39, 0.29) is 11.9 Å². The summed E-state index contributed by atoms with van der Waals surface area (Å²) in [6.07, 6.45) is 2.78. The lowest BCUT2D eigenvalue weighted by atomic mass is 9.95. The molecule has 1 saturated heterocycles. The number of hydrogen-bond acceptors (Lipinski definition) is 2. The normalized spacial score (nSPS) is 23.5. The average Bonchev–Trinajstić information content (AvgIpc) is 2.49. The molecule has 88 valence electrons. The van der Waals surface area contributed by atoms with E-state index in [4.69, 9.17) is 5.73 Å². The van der Waals surface area contributed by atoms with Crippen LogP contribution in [0.1, 0.15) is 40.0 Å². The monoisotopic (exact) mass is 212 g/mol. The SMILES string of the molecule is CC(C)CC(C)CC(=O)N1CC[C@@H](N)C1. The first-order chi connectivity index (χ1) is 6.99. The molecule has 0 bridgehead atoms. The van der Waals surface area contributed by atoms with Crippen LogP contribution in [0.2, 0.25) is 0 Å². The molecule has 0 saturated carbocycles. The molecular formula is C12H24N2O. The molecule has 1 rings (SSSR count). The van der Waals surface area contributed by atoms with Crippen LogP contribution in [-0.4, -0.2) is 29.9 Å². The summed E-state index contributed by atoms with van der Waals surface area (Å²) in [5.74, 6) is 1.46. The highest BCUT2D eigenvalue weighted by molar-refractivity contribution is 5.76. The smallest absolute Gasteiger partial charge is 0.222 e. The topological polar surface area (TPSA) is 46.3 Å². The number of rotatable bonds is 4. The predicted octanol–water partition coefficient (Wildman–Crippen LogP) is 1.62. The molecule has 2 N–H and O–H groups in total. The minimum absolute atomic E-state index is 0.203. The molecule has 1 heterocycles. The van der Waals surface area contributed by atoms with Crippen molar-refractivity contribution in [1.29, 1.82) is 0 Å². The molecule has 0 spiro atoms. The first-order valence-corrected chi connectivity index (χ1v) is 6.02. The molecule has 0 aromatic rings. The quantitative estimate of drug-likeness (QED) is 0.769. The zero-order valence-corrected chi connectivity index (χ0v) is 10.2. The molecule has 0 aliphatic carbocycles. The highest BCUT2D eigenvalue weighted by Gasteiger charge is 2.24. The van der Waals surface area contributed by atoms with Gasteiger partial charge in [0.25, 0.3) is 0 Å². The van der Waals surface area contributed by atoms with Gasteiger partial charge in [0.2, 0.25) is 5.91 Å². The van der Waals surface area contributed by atoms with Crippen LogP contribution >= 0.6 is 0 Å². The number of carbonyl (C=O) groups is 1. The van der Waals surface area contributed by atoms with Crippen LogP contribution in [0.5, 0.6) is 0 Å². The van der Waals surface area contributed by atoms with Gasteiger partial charge in [0, 0.05) is 25.6 Å². The van der Waals surface area contributed by atoms with Gasteiger partial charge < -0.3 is 10.6 Å². The van der Waals surface area contributed by atoms with Crippen molar-refractivity contribution in [3.05, 3.63) is 0 Å². The van der Waals surface area contributed by atoms with Crippen molar-refractivity contribution >= 4 is 5.91 Å². The van der Waals surface area contributed by atoms with Gasteiger partial charge in [-0.3, -0.25) is 4.79 Å². The fourth-order valence-corrected chi connectivity index (χ4v) is 2.33. The van der Waals surface area contributed by atoms with E-state index < -0.39 is 0 Å². The highest BCUT2D eigenvalue weighted by Crippen LogP contribution is 2.17. The van der Waals surface area contributed by atoms with Crippen molar-refractivity contribution in [2.24, 2.45) is 17.6 Å². The van der Waals surface area contributed by atoms with E-state index in [9.17, 15) is 4.79 Å². The maximum atomic E-state index is 11.9. The Morgan fingerprint density at radius 3 is 2.60 bits per heavy atom. The van der Waals surface area contributed by atoms with Gasteiger partial charge in [-0.15, -0.1) is 0 Å². The molecule has 1 amide bonds. The summed E-state index contributed by atoms with van der Waals surface area (Å²) < 4.78 is 0.